The van der Waals surface area contributed by atoms with Gasteiger partial charge in [0.15, 0.2) is 0 Å². The van der Waals surface area contributed by atoms with Gasteiger partial charge in [-0.3, -0.25) is 14.9 Å². The van der Waals surface area contributed by atoms with Crippen LogP contribution in [-0.4, -0.2) is 17.4 Å². The van der Waals surface area contributed by atoms with Crippen molar-refractivity contribution < 1.29 is 9.72 Å². The van der Waals surface area contributed by atoms with E-state index in [1.807, 2.05) is 0 Å². The minimum Gasteiger partial charge on any atom is -0.352 e. The minimum absolute atomic E-state index is 0.00234. The molecule has 0 fully saturated rings. The second-order valence-electron chi connectivity index (χ2n) is 4.83. The fraction of sp³-hybridized carbons (Fsp3) is 0.533. The Kier molecular flexibility index (Phi) is 7.32. The molecule has 0 saturated carbocycles. The van der Waals surface area contributed by atoms with Crippen LogP contribution >= 0.6 is 0 Å². The predicted octanol–water partition coefficient (Wildman–Crippen LogP) is 3.69. The Hall–Kier alpha value is -1.91. The molecule has 0 aliphatic rings. The number of amides is 1. The molecule has 20 heavy (non-hydrogen) atoms. The summed E-state index contributed by atoms with van der Waals surface area (Å²) in [6, 6.07) is 5.66. The van der Waals surface area contributed by atoms with Crippen molar-refractivity contribution in [1.29, 1.82) is 0 Å². The third-order valence-corrected chi connectivity index (χ3v) is 3.16. The molecule has 1 amide bonds. The van der Waals surface area contributed by atoms with Crippen LogP contribution in [-0.2, 0) is 0 Å². The molecule has 1 rings (SSSR count). The monoisotopic (exact) mass is 278 g/mol. The summed E-state index contributed by atoms with van der Waals surface area (Å²) in [5.41, 5.74) is 0.457. The Morgan fingerprint density at radius 2 is 1.70 bits per heavy atom. The first-order valence-corrected chi connectivity index (χ1v) is 7.17. The predicted molar refractivity (Wildman–Crippen MR) is 78.8 cm³/mol. The number of non-ortho nitro benzene ring substituents is 1. The molecule has 1 N–H and O–H groups in total. The van der Waals surface area contributed by atoms with Gasteiger partial charge in [-0.05, 0) is 18.6 Å². The molecule has 5 heteroatoms. The topological polar surface area (TPSA) is 72.2 Å². The highest BCUT2D eigenvalue weighted by atomic mass is 16.6. The fourth-order valence-corrected chi connectivity index (χ4v) is 1.94. The summed E-state index contributed by atoms with van der Waals surface area (Å²) < 4.78 is 0. The molecule has 0 aliphatic carbocycles. The van der Waals surface area contributed by atoms with Gasteiger partial charge in [0.25, 0.3) is 11.6 Å². The summed E-state index contributed by atoms with van der Waals surface area (Å²) in [5, 5.41) is 13.3. The molecule has 1 aromatic carbocycles. The zero-order valence-electron chi connectivity index (χ0n) is 11.9. The highest BCUT2D eigenvalue weighted by molar-refractivity contribution is 5.94. The lowest BCUT2D eigenvalue weighted by Gasteiger charge is -2.05. The minimum atomic E-state index is -0.474. The average molecular weight is 278 g/mol. The summed E-state index contributed by atoms with van der Waals surface area (Å²) in [4.78, 5) is 21.8. The molecule has 0 saturated heterocycles. The number of carbonyl (C=O) groups excluding carboxylic acids is 1. The standard InChI is InChI=1S/C15H22N2O3/c1-2-3-4-5-6-7-12-16-15(18)13-8-10-14(11-9-13)17(19)20/h8-11H,2-7,12H2,1H3,(H,16,18). The quantitative estimate of drug-likeness (QED) is 0.425. The zero-order chi connectivity index (χ0) is 14.8. The van der Waals surface area contributed by atoms with Crippen LogP contribution in [0.1, 0.15) is 55.8 Å². The highest BCUT2D eigenvalue weighted by Crippen LogP contribution is 2.11. The van der Waals surface area contributed by atoms with Crippen molar-refractivity contribution in [2.24, 2.45) is 0 Å². The van der Waals surface area contributed by atoms with Gasteiger partial charge >= 0.3 is 0 Å². The SMILES string of the molecule is CCCCCCCCNC(=O)c1ccc([N+](=O)[O-])cc1. The van der Waals surface area contributed by atoms with Gasteiger partial charge in [0.1, 0.15) is 0 Å². The Bertz CT molecular complexity index is 429. The number of nitrogens with one attached hydrogen (secondary N) is 1. The molecule has 0 aromatic heterocycles. The molecule has 0 radical (unpaired) electrons. The Morgan fingerprint density at radius 1 is 1.10 bits per heavy atom. The maximum absolute atomic E-state index is 11.8. The lowest BCUT2D eigenvalue weighted by molar-refractivity contribution is -0.384. The molecule has 5 nitrogen and oxygen atoms in total. The van der Waals surface area contributed by atoms with E-state index in [2.05, 4.69) is 12.2 Å². The Balaban J connectivity index is 2.24. The van der Waals surface area contributed by atoms with E-state index < -0.39 is 4.92 Å². The van der Waals surface area contributed by atoms with E-state index in [1.54, 1.807) is 0 Å². The van der Waals surface area contributed by atoms with Gasteiger partial charge in [-0.25, -0.2) is 0 Å². The van der Waals surface area contributed by atoms with Crippen molar-refractivity contribution in [1.82, 2.24) is 5.32 Å². The van der Waals surface area contributed by atoms with Crippen molar-refractivity contribution in [2.45, 2.75) is 45.4 Å². The van der Waals surface area contributed by atoms with Crippen LogP contribution in [0.4, 0.5) is 5.69 Å². The maximum atomic E-state index is 11.8. The van der Waals surface area contributed by atoms with E-state index in [-0.39, 0.29) is 11.6 Å². The van der Waals surface area contributed by atoms with Crippen molar-refractivity contribution in [3.05, 3.63) is 39.9 Å². The first-order valence-electron chi connectivity index (χ1n) is 7.17. The third-order valence-electron chi connectivity index (χ3n) is 3.16. The zero-order valence-corrected chi connectivity index (χ0v) is 11.9. The van der Waals surface area contributed by atoms with E-state index in [1.165, 1.54) is 49.9 Å². The number of hydrogen-bond donors (Lipinski definition) is 1. The van der Waals surface area contributed by atoms with Crippen molar-refractivity contribution in [2.75, 3.05) is 6.54 Å². The number of nitro benzene ring substituents is 1. The number of rotatable bonds is 9. The van der Waals surface area contributed by atoms with E-state index >= 15 is 0 Å². The molecule has 0 unspecified atom stereocenters. The summed E-state index contributed by atoms with van der Waals surface area (Å²) in [5.74, 6) is -0.173. The van der Waals surface area contributed by atoms with Crippen LogP contribution in [0.5, 0.6) is 0 Å². The lowest BCUT2D eigenvalue weighted by atomic mass is 10.1. The van der Waals surface area contributed by atoms with Crippen LogP contribution in [0.2, 0.25) is 0 Å². The van der Waals surface area contributed by atoms with Crippen LogP contribution < -0.4 is 5.32 Å². The van der Waals surface area contributed by atoms with Gasteiger partial charge in [0, 0.05) is 24.2 Å². The largest absolute Gasteiger partial charge is 0.352 e. The van der Waals surface area contributed by atoms with Gasteiger partial charge in [0.05, 0.1) is 4.92 Å². The lowest BCUT2D eigenvalue weighted by Crippen LogP contribution is -2.24. The van der Waals surface area contributed by atoms with E-state index in [4.69, 9.17) is 0 Å². The summed E-state index contributed by atoms with van der Waals surface area (Å²) in [7, 11) is 0. The van der Waals surface area contributed by atoms with E-state index in [0.29, 0.717) is 12.1 Å². The Labute approximate surface area is 119 Å². The first kappa shape index (κ1) is 16.1. The van der Waals surface area contributed by atoms with Gasteiger partial charge in [-0.15, -0.1) is 0 Å². The van der Waals surface area contributed by atoms with E-state index in [9.17, 15) is 14.9 Å². The van der Waals surface area contributed by atoms with Crippen molar-refractivity contribution >= 4 is 11.6 Å². The summed E-state index contributed by atoms with van der Waals surface area (Å²) >= 11 is 0. The van der Waals surface area contributed by atoms with Gasteiger partial charge < -0.3 is 5.32 Å². The average Bonchev–Trinajstić information content (AvgIpc) is 2.46. The number of hydrogen-bond acceptors (Lipinski definition) is 3. The normalized spacial score (nSPS) is 10.2. The molecular weight excluding hydrogens is 256 g/mol. The number of benzene rings is 1. The number of nitrogens with zero attached hydrogens (tertiary/aromatic N) is 1. The first-order chi connectivity index (χ1) is 9.65. The molecule has 0 spiro atoms. The molecule has 0 bridgehead atoms. The molecule has 1 aromatic rings. The van der Waals surface area contributed by atoms with Crippen LogP contribution in [0, 0.1) is 10.1 Å². The van der Waals surface area contributed by atoms with Crippen molar-refractivity contribution in [3.8, 4) is 0 Å². The molecule has 0 atom stereocenters. The second-order valence-corrected chi connectivity index (χ2v) is 4.83. The second kappa shape index (κ2) is 9.07. The number of nitro groups is 1. The van der Waals surface area contributed by atoms with Crippen LogP contribution in [0.3, 0.4) is 0 Å². The summed E-state index contributed by atoms with van der Waals surface area (Å²) in [6.45, 7) is 2.84. The number of carbonyl (C=O) groups is 1. The van der Waals surface area contributed by atoms with E-state index in [0.717, 1.165) is 12.8 Å². The highest BCUT2D eigenvalue weighted by Gasteiger charge is 2.08. The summed E-state index contributed by atoms with van der Waals surface area (Å²) in [6.07, 6.45) is 7.07. The molecule has 0 heterocycles. The molecular formula is C15H22N2O3. The smallest absolute Gasteiger partial charge is 0.269 e. The van der Waals surface area contributed by atoms with Gasteiger partial charge in [-0.2, -0.15) is 0 Å². The van der Waals surface area contributed by atoms with Crippen molar-refractivity contribution in [3.63, 3.8) is 0 Å². The maximum Gasteiger partial charge on any atom is 0.269 e. The molecule has 0 aliphatic heterocycles. The third kappa shape index (κ3) is 5.82. The van der Waals surface area contributed by atoms with Gasteiger partial charge in [-0.1, -0.05) is 39.0 Å². The Morgan fingerprint density at radius 3 is 2.30 bits per heavy atom. The van der Waals surface area contributed by atoms with Gasteiger partial charge in [0.2, 0.25) is 0 Å². The van der Waals surface area contributed by atoms with Crippen LogP contribution in [0.25, 0.3) is 0 Å². The fourth-order valence-electron chi connectivity index (χ4n) is 1.94. The molecule has 110 valence electrons. The van der Waals surface area contributed by atoms with Crippen LogP contribution in [0.15, 0.2) is 24.3 Å². The number of unbranched alkanes of at least 4 members (excludes halogenated alkanes) is 5.